The summed E-state index contributed by atoms with van der Waals surface area (Å²) < 4.78 is 23.1. The minimum Gasteiger partial charge on any atom is -0.756 e. The summed E-state index contributed by atoms with van der Waals surface area (Å²) in [6.45, 7) is 4.24. The Balaban J connectivity index is 4.54. The van der Waals surface area contributed by atoms with Crippen LogP contribution in [0.4, 0.5) is 0 Å². The van der Waals surface area contributed by atoms with E-state index in [1.54, 1.807) is 0 Å². The van der Waals surface area contributed by atoms with E-state index in [0.29, 0.717) is 30.3 Å². The topological polar surface area (TPSA) is 128 Å². The molecule has 0 saturated heterocycles. The third-order valence-electron chi connectivity index (χ3n) is 9.71. The number of carbonyl (C=O) groups is 1. The maximum absolute atomic E-state index is 12.9. The number of aliphatic hydroxyl groups is 2. The van der Waals surface area contributed by atoms with Gasteiger partial charge in [-0.3, -0.25) is 9.36 Å². The van der Waals surface area contributed by atoms with Crippen molar-refractivity contribution in [2.24, 2.45) is 0 Å². The number of hydrogen-bond donors (Lipinski definition) is 3. The minimum absolute atomic E-state index is 0.0565. The Morgan fingerprint density at radius 2 is 1.07 bits per heavy atom. The van der Waals surface area contributed by atoms with Crippen LogP contribution in [0.3, 0.4) is 0 Å². The van der Waals surface area contributed by atoms with Gasteiger partial charge >= 0.3 is 0 Å². The van der Waals surface area contributed by atoms with Crippen molar-refractivity contribution in [3.8, 4) is 0 Å². The lowest BCUT2D eigenvalue weighted by molar-refractivity contribution is -0.870. The minimum atomic E-state index is -4.69. The number of aliphatic hydroxyl groups excluding tert-OH is 2. The molecule has 0 aliphatic rings. The lowest BCUT2D eigenvalue weighted by Crippen LogP contribution is -2.51. The molecule has 0 aromatic heterocycles. The number of carbonyl (C=O) groups excluding carboxylic acids is 1. The van der Waals surface area contributed by atoms with Gasteiger partial charge in [0.2, 0.25) is 5.91 Å². The van der Waals surface area contributed by atoms with E-state index in [1.807, 2.05) is 21.1 Å². The predicted octanol–water partition coefficient (Wildman–Crippen LogP) is 11.3. The molecule has 59 heavy (non-hydrogen) atoms. The van der Waals surface area contributed by atoms with Crippen LogP contribution < -0.4 is 10.2 Å². The van der Waals surface area contributed by atoms with Crippen molar-refractivity contribution in [1.82, 2.24) is 5.32 Å². The Kier molecular flexibility index (Phi) is 38.2. The van der Waals surface area contributed by atoms with E-state index in [0.717, 1.165) is 77.0 Å². The second-order valence-corrected chi connectivity index (χ2v) is 17.9. The number of quaternary nitrogens is 1. The van der Waals surface area contributed by atoms with E-state index in [2.05, 4.69) is 104 Å². The Hall–Kier alpha value is -2.36. The molecule has 0 aromatic carbocycles. The number of phosphoric acid groups is 1. The summed E-state index contributed by atoms with van der Waals surface area (Å²) >= 11 is 0. The van der Waals surface area contributed by atoms with Crippen LogP contribution in [0.25, 0.3) is 0 Å². The summed E-state index contributed by atoms with van der Waals surface area (Å²) in [6.07, 6.45) is 50.5. The lowest BCUT2D eigenvalue weighted by atomic mass is 10.0. The highest BCUT2D eigenvalue weighted by molar-refractivity contribution is 7.45. The molecule has 0 aliphatic heterocycles. The highest BCUT2D eigenvalue weighted by Crippen LogP contribution is 2.38. The number of nitrogens with zero attached hydrogens (tertiary/aromatic N) is 1. The van der Waals surface area contributed by atoms with E-state index in [9.17, 15) is 24.5 Å². The van der Waals surface area contributed by atoms with Crippen molar-refractivity contribution in [3.05, 3.63) is 85.1 Å². The molecule has 0 aliphatic carbocycles. The quantitative estimate of drug-likeness (QED) is 0.0242. The van der Waals surface area contributed by atoms with Gasteiger partial charge in [-0.15, -0.1) is 0 Å². The molecular formula is C49H87N2O7P. The zero-order valence-electron chi connectivity index (χ0n) is 38.0. The predicted molar refractivity (Wildman–Crippen MR) is 248 cm³/mol. The maximum atomic E-state index is 12.9. The van der Waals surface area contributed by atoms with Crippen LogP contribution in [0.1, 0.15) is 162 Å². The van der Waals surface area contributed by atoms with E-state index < -0.39 is 32.7 Å². The first-order chi connectivity index (χ1) is 28.4. The van der Waals surface area contributed by atoms with Crippen LogP contribution >= 0.6 is 7.82 Å². The molecule has 1 amide bonds. The normalized spacial score (nSPS) is 15.6. The SMILES string of the molecule is CC/C=C\C/C=C\C/C=C\C/C=C\C/C=C\C/C=C\CCCCCCC(=O)NC(COP(=O)([O-])OCC[N+](C)(C)C)C(O)C(O)CCC/C=C/CCCCCCCCC. The average molecular weight is 847 g/mol. The largest absolute Gasteiger partial charge is 0.756 e. The van der Waals surface area contributed by atoms with Crippen molar-refractivity contribution < 1.29 is 38.0 Å². The third kappa shape index (κ3) is 40.8. The molecule has 0 saturated carbocycles. The first-order valence-electron chi connectivity index (χ1n) is 23.0. The van der Waals surface area contributed by atoms with Gasteiger partial charge in [-0.2, -0.15) is 0 Å². The molecule has 0 fully saturated rings. The fourth-order valence-corrected chi connectivity index (χ4v) is 6.74. The molecular weight excluding hydrogens is 760 g/mol. The van der Waals surface area contributed by atoms with E-state index in [-0.39, 0.29) is 18.9 Å². The molecule has 10 heteroatoms. The molecule has 0 bridgehead atoms. The van der Waals surface area contributed by atoms with Gasteiger partial charge in [-0.25, -0.2) is 0 Å². The number of amides is 1. The molecule has 4 unspecified atom stereocenters. The van der Waals surface area contributed by atoms with Gasteiger partial charge in [0.15, 0.2) is 0 Å². The molecule has 0 radical (unpaired) electrons. The van der Waals surface area contributed by atoms with Gasteiger partial charge in [0, 0.05) is 6.42 Å². The second-order valence-electron chi connectivity index (χ2n) is 16.5. The highest BCUT2D eigenvalue weighted by Gasteiger charge is 2.29. The van der Waals surface area contributed by atoms with Crippen molar-refractivity contribution in [3.63, 3.8) is 0 Å². The number of rotatable bonds is 40. The first kappa shape index (κ1) is 56.6. The van der Waals surface area contributed by atoms with E-state index in [1.165, 1.54) is 44.9 Å². The second kappa shape index (κ2) is 39.8. The van der Waals surface area contributed by atoms with Crippen molar-refractivity contribution in [2.45, 2.75) is 180 Å². The zero-order chi connectivity index (χ0) is 43.7. The molecule has 4 atom stereocenters. The number of allylic oxidation sites excluding steroid dienone is 14. The van der Waals surface area contributed by atoms with E-state index in [4.69, 9.17) is 9.05 Å². The molecule has 0 heterocycles. The van der Waals surface area contributed by atoms with Gasteiger partial charge in [0.1, 0.15) is 19.3 Å². The lowest BCUT2D eigenvalue weighted by Gasteiger charge is -2.31. The zero-order valence-corrected chi connectivity index (χ0v) is 38.9. The van der Waals surface area contributed by atoms with Crippen LogP contribution in [-0.4, -0.2) is 79.8 Å². The highest BCUT2D eigenvalue weighted by atomic mass is 31.2. The van der Waals surface area contributed by atoms with Crippen LogP contribution in [0, 0.1) is 0 Å². The Labute approximate surface area is 361 Å². The number of hydrogen-bond acceptors (Lipinski definition) is 7. The third-order valence-corrected chi connectivity index (χ3v) is 10.7. The van der Waals surface area contributed by atoms with Crippen molar-refractivity contribution in [2.75, 3.05) is 40.9 Å². The van der Waals surface area contributed by atoms with Gasteiger partial charge < -0.3 is 34.0 Å². The maximum Gasteiger partial charge on any atom is 0.268 e. The van der Waals surface area contributed by atoms with Gasteiger partial charge in [-0.05, 0) is 89.9 Å². The Morgan fingerprint density at radius 3 is 1.58 bits per heavy atom. The number of unbranched alkanes of at least 4 members (excludes halogenated alkanes) is 12. The smallest absolute Gasteiger partial charge is 0.268 e. The fourth-order valence-electron chi connectivity index (χ4n) is 6.02. The average Bonchev–Trinajstić information content (AvgIpc) is 3.19. The fraction of sp³-hybridized carbons (Fsp3) is 0.694. The molecule has 0 rings (SSSR count). The van der Waals surface area contributed by atoms with Gasteiger partial charge in [0.25, 0.3) is 7.82 Å². The first-order valence-corrected chi connectivity index (χ1v) is 24.5. The van der Waals surface area contributed by atoms with Crippen LogP contribution in [0.15, 0.2) is 85.1 Å². The molecule has 0 spiro atoms. The van der Waals surface area contributed by atoms with Crippen LogP contribution in [0.2, 0.25) is 0 Å². The summed E-state index contributed by atoms with van der Waals surface area (Å²) in [5, 5.41) is 24.6. The molecule has 9 nitrogen and oxygen atoms in total. The monoisotopic (exact) mass is 847 g/mol. The van der Waals surface area contributed by atoms with Crippen molar-refractivity contribution in [1.29, 1.82) is 0 Å². The molecule has 0 aromatic rings. The summed E-state index contributed by atoms with van der Waals surface area (Å²) in [7, 11) is 1.07. The summed E-state index contributed by atoms with van der Waals surface area (Å²) in [4.78, 5) is 25.4. The summed E-state index contributed by atoms with van der Waals surface area (Å²) in [5.41, 5.74) is 0. The summed E-state index contributed by atoms with van der Waals surface area (Å²) in [6, 6.07) is -1.11. The molecule has 3 N–H and O–H groups in total. The van der Waals surface area contributed by atoms with Gasteiger partial charge in [-0.1, -0.05) is 150 Å². The van der Waals surface area contributed by atoms with Gasteiger partial charge in [0.05, 0.1) is 39.9 Å². The van der Waals surface area contributed by atoms with Crippen molar-refractivity contribution >= 4 is 13.7 Å². The van der Waals surface area contributed by atoms with Crippen LogP contribution in [-0.2, 0) is 18.4 Å². The Morgan fingerprint density at radius 1 is 0.627 bits per heavy atom. The number of likely N-dealkylation sites (N-methyl/N-ethyl adjacent to an activating group) is 1. The Bertz CT molecular complexity index is 1250. The number of nitrogens with one attached hydrogen (secondary N) is 1. The summed E-state index contributed by atoms with van der Waals surface area (Å²) in [5.74, 6) is -0.318. The van der Waals surface area contributed by atoms with Crippen LogP contribution in [0.5, 0.6) is 0 Å². The molecule has 340 valence electrons. The standard InChI is InChI=1S/C49H87N2O7P/c1-6-8-10-12-14-16-18-20-21-22-23-24-25-26-27-28-29-30-32-34-36-38-40-42-48(53)50-46(45-58-59(55,56)57-44-43-51(3,4)5)49(54)47(52)41-39-37-35-33-31-19-17-15-13-11-9-7-2/h8,10,14,16,20-21,23-24,26-27,29-30,33,35,46-47,49,52,54H,6-7,9,11-13,15,17-19,22,25,28,31-32,34,36-45H2,1-5H3,(H-,50,53,55,56)/b10-8-,16-14-,21-20-,24-23-,27-26-,30-29-,35-33+. The number of phosphoric ester groups is 1. The van der Waals surface area contributed by atoms with E-state index >= 15 is 0 Å².